The Hall–Kier alpha value is -3.50. The van der Waals surface area contributed by atoms with Crippen LogP contribution in [0.2, 0.25) is 0 Å². The number of hydrogen-bond donors (Lipinski definition) is 1. The summed E-state index contributed by atoms with van der Waals surface area (Å²) in [6.07, 6.45) is 5.10. The van der Waals surface area contributed by atoms with Gasteiger partial charge in [0, 0.05) is 36.4 Å². The molecular weight excluding hydrogens is 618 g/mol. The molecule has 3 aromatic rings. The molecule has 5 rings (SSSR count). The van der Waals surface area contributed by atoms with E-state index in [2.05, 4.69) is 21.2 Å². The minimum Gasteiger partial charge on any atom is -0.352 e. The van der Waals surface area contributed by atoms with Gasteiger partial charge in [-0.2, -0.15) is 0 Å². The molecule has 0 spiro atoms. The predicted molar refractivity (Wildman–Crippen MR) is 163 cm³/mol. The third-order valence-electron chi connectivity index (χ3n) is 7.91. The molecule has 1 aliphatic heterocycles. The fourth-order valence-electron chi connectivity index (χ4n) is 5.72. The third kappa shape index (κ3) is 6.76. The van der Waals surface area contributed by atoms with Crippen LogP contribution in [-0.4, -0.2) is 54.0 Å². The van der Waals surface area contributed by atoms with Crippen LogP contribution in [0.1, 0.15) is 60.0 Å². The second kappa shape index (κ2) is 13.2. The molecule has 8 nitrogen and oxygen atoms in total. The summed E-state index contributed by atoms with van der Waals surface area (Å²) < 4.78 is 27.8. The van der Waals surface area contributed by atoms with Gasteiger partial charge >= 0.3 is 0 Å². The average molecular weight is 653 g/mol. The number of fused-ring (bicyclic) bond motifs is 1. The van der Waals surface area contributed by atoms with Crippen LogP contribution in [0.15, 0.2) is 88.2 Å². The van der Waals surface area contributed by atoms with Gasteiger partial charge in [0.05, 0.1) is 5.56 Å². The van der Waals surface area contributed by atoms with E-state index in [-0.39, 0.29) is 41.9 Å². The van der Waals surface area contributed by atoms with Gasteiger partial charge in [-0.1, -0.05) is 89.8 Å². The summed E-state index contributed by atoms with van der Waals surface area (Å²) in [5.74, 6) is -1.28. The Kier molecular flexibility index (Phi) is 9.43. The number of hydrogen-bond acceptors (Lipinski definition) is 5. The molecule has 3 amide bonds. The lowest BCUT2D eigenvalue weighted by Gasteiger charge is -2.34. The quantitative estimate of drug-likeness (QED) is 0.330. The van der Waals surface area contributed by atoms with Crippen LogP contribution >= 0.6 is 15.9 Å². The van der Waals surface area contributed by atoms with E-state index in [1.165, 1.54) is 17.0 Å². The molecule has 0 bridgehead atoms. The van der Waals surface area contributed by atoms with Crippen LogP contribution in [0.3, 0.4) is 0 Å². The lowest BCUT2D eigenvalue weighted by Crippen LogP contribution is -2.53. The molecule has 1 saturated carbocycles. The van der Waals surface area contributed by atoms with Crippen LogP contribution in [0.25, 0.3) is 0 Å². The van der Waals surface area contributed by atoms with Crippen LogP contribution in [0, 0.1) is 0 Å². The maximum absolute atomic E-state index is 14.0. The highest BCUT2D eigenvalue weighted by Crippen LogP contribution is 2.30. The van der Waals surface area contributed by atoms with Gasteiger partial charge in [-0.25, -0.2) is 12.7 Å². The number of carbonyl (C=O) groups excluding carboxylic acids is 3. The molecule has 42 heavy (non-hydrogen) atoms. The Bertz CT molecular complexity index is 1560. The Balaban J connectivity index is 1.43. The number of rotatable bonds is 10. The second-order valence-electron chi connectivity index (χ2n) is 10.8. The highest BCUT2D eigenvalue weighted by Gasteiger charge is 2.41. The molecule has 220 valence electrons. The smallest absolute Gasteiger partial charge is 0.269 e. The average Bonchev–Trinajstić information content (AvgIpc) is 3.19. The largest absolute Gasteiger partial charge is 0.352 e. The van der Waals surface area contributed by atoms with Crippen LogP contribution in [0.4, 0.5) is 0 Å². The van der Waals surface area contributed by atoms with Crippen LogP contribution in [0.5, 0.6) is 0 Å². The third-order valence-corrected chi connectivity index (χ3v) is 10.2. The van der Waals surface area contributed by atoms with E-state index in [0.29, 0.717) is 6.42 Å². The van der Waals surface area contributed by atoms with E-state index < -0.39 is 27.9 Å². The second-order valence-corrected chi connectivity index (χ2v) is 13.6. The number of benzene rings is 3. The maximum Gasteiger partial charge on any atom is 0.269 e. The van der Waals surface area contributed by atoms with Gasteiger partial charge in [0.1, 0.15) is 10.9 Å². The van der Waals surface area contributed by atoms with Crippen molar-refractivity contribution in [2.24, 2.45) is 0 Å². The predicted octanol–water partition coefficient (Wildman–Crippen LogP) is 5.07. The molecule has 0 unspecified atom stereocenters. The molecule has 1 fully saturated rings. The molecule has 3 aromatic carbocycles. The van der Waals surface area contributed by atoms with Crippen molar-refractivity contribution in [3.8, 4) is 0 Å². The van der Waals surface area contributed by atoms with E-state index in [9.17, 15) is 22.8 Å². The number of amides is 3. The Morgan fingerprint density at radius 2 is 1.62 bits per heavy atom. The summed E-state index contributed by atoms with van der Waals surface area (Å²) in [6, 6.07) is 22.3. The minimum absolute atomic E-state index is 0.0535. The minimum atomic E-state index is -4.06. The Morgan fingerprint density at radius 3 is 2.33 bits per heavy atom. The summed E-state index contributed by atoms with van der Waals surface area (Å²) in [4.78, 5) is 42.4. The number of nitrogens with one attached hydrogen (secondary N) is 1. The molecule has 1 aliphatic carbocycles. The Labute approximate surface area is 255 Å². The first-order valence-corrected chi connectivity index (χ1v) is 16.5. The van der Waals surface area contributed by atoms with Gasteiger partial charge in [0.2, 0.25) is 11.8 Å². The van der Waals surface area contributed by atoms with Gasteiger partial charge in [-0.3, -0.25) is 14.4 Å². The van der Waals surface area contributed by atoms with E-state index in [4.69, 9.17) is 0 Å². The van der Waals surface area contributed by atoms with E-state index in [1.54, 1.807) is 12.1 Å². The summed E-state index contributed by atoms with van der Waals surface area (Å²) in [7, 11) is -4.06. The SMILES string of the molecule is O=C(NC1CCCCC1)[C@H](Cc1ccccc1)N(Cc1cccc(Br)c1)C(=O)CCN1C(=O)c2ccccc2S1(=O)=O. The normalized spacial score (nSPS) is 17.0. The van der Waals surface area contributed by atoms with Crippen molar-refractivity contribution in [3.05, 3.63) is 100 Å². The number of sulfonamides is 1. The molecule has 0 radical (unpaired) electrons. The highest BCUT2D eigenvalue weighted by molar-refractivity contribution is 9.10. The first-order chi connectivity index (χ1) is 20.2. The molecule has 1 N–H and O–H groups in total. The van der Waals surface area contributed by atoms with Gasteiger partial charge in [-0.05, 0) is 48.2 Å². The fraction of sp³-hybridized carbons (Fsp3) is 0.344. The van der Waals surface area contributed by atoms with Crippen molar-refractivity contribution in [2.75, 3.05) is 6.54 Å². The summed E-state index contributed by atoms with van der Waals surface area (Å²) in [5, 5.41) is 3.20. The number of carbonyl (C=O) groups is 3. The van der Waals surface area contributed by atoms with Crippen molar-refractivity contribution in [2.45, 2.75) is 68.5 Å². The molecule has 1 heterocycles. The van der Waals surface area contributed by atoms with Crippen molar-refractivity contribution in [1.82, 2.24) is 14.5 Å². The standard InChI is InChI=1S/C32H34BrN3O5S/c33-25-13-9-12-24(20-25)22-35(30(37)18-19-36-32(39)27-16-7-8-17-29(27)42(36,40)41)28(21-23-10-3-1-4-11-23)31(38)34-26-14-5-2-6-15-26/h1,3-4,7-13,16-17,20,26,28H,2,5-6,14-15,18-19,21-22H2,(H,34,38)/t28-/m0/s1. The molecule has 1 atom stereocenters. The molecule has 0 saturated heterocycles. The summed E-state index contributed by atoms with van der Waals surface area (Å²) >= 11 is 3.49. The topological polar surface area (TPSA) is 104 Å². The first kappa shape index (κ1) is 30.0. The van der Waals surface area contributed by atoms with Gasteiger partial charge in [0.15, 0.2) is 0 Å². The lowest BCUT2D eigenvalue weighted by atomic mass is 9.94. The fourth-order valence-corrected chi connectivity index (χ4v) is 7.74. The number of halogens is 1. The summed E-state index contributed by atoms with van der Waals surface area (Å²) in [6.45, 7) is -0.166. The highest BCUT2D eigenvalue weighted by atomic mass is 79.9. The van der Waals surface area contributed by atoms with Crippen LogP contribution < -0.4 is 5.32 Å². The molecular formula is C32H34BrN3O5S. The zero-order chi connectivity index (χ0) is 29.7. The zero-order valence-electron chi connectivity index (χ0n) is 23.2. The maximum atomic E-state index is 14.0. The Morgan fingerprint density at radius 1 is 0.929 bits per heavy atom. The van der Waals surface area contributed by atoms with E-state index in [0.717, 1.165) is 52.0 Å². The van der Waals surface area contributed by atoms with E-state index in [1.807, 2.05) is 54.6 Å². The summed E-state index contributed by atoms with van der Waals surface area (Å²) in [5.41, 5.74) is 1.82. The van der Waals surface area contributed by atoms with Crippen molar-refractivity contribution in [3.63, 3.8) is 0 Å². The monoisotopic (exact) mass is 651 g/mol. The zero-order valence-corrected chi connectivity index (χ0v) is 25.6. The van der Waals surface area contributed by atoms with E-state index >= 15 is 0 Å². The molecule has 0 aromatic heterocycles. The first-order valence-electron chi connectivity index (χ1n) is 14.3. The van der Waals surface area contributed by atoms with Gasteiger partial charge < -0.3 is 10.2 Å². The molecule has 2 aliphatic rings. The van der Waals surface area contributed by atoms with Crippen LogP contribution in [-0.2, 0) is 32.6 Å². The van der Waals surface area contributed by atoms with Crippen molar-refractivity contribution >= 4 is 43.7 Å². The van der Waals surface area contributed by atoms with Gasteiger partial charge in [0.25, 0.3) is 15.9 Å². The van der Waals surface area contributed by atoms with Crippen molar-refractivity contribution < 1.29 is 22.8 Å². The lowest BCUT2D eigenvalue weighted by molar-refractivity contribution is -0.141. The number of nitrogens with zero attached hydrogens (tertiary/aromatic N) is 2. The molecule has 10 heteroatoms. The van der Waals surface area contributed by atoms with Crippen molar-refractivity contribution in [1.29, 1.82) is 0 Å². The van der Waals surface area contributed by atoms with Gasteiger partial charge in [-0.15, -0.1) is 0 Å².